The molecule has 1 N–H and O–H groups in total. The largest absolute Gasteiger partial charge is 0.488 e. The molecule has 7 rings (SSSR count). The van der Waals surface area contributed by atoms with Gasteiger partial charge in [0.05, 0.1) is 6.10 Å². The lowest BCUT2D eigenvalue weighted by Gasteiger charge is -2.61. The zero-order valence-corrected chi connectivity index (χ0v) is 33.5. The summed E-state index contributed by atoms with van der Waals surface area (Å²) in [5.41, 5.74) is 3.79. The van der Waals surface area contributed by atoms with E-state index in [-0.39, 0.29) is 20.3 Å². The second-order valence-electron chi connectivity index (χ2n) is 17.0. The lowest BCUT2D eigenvalue weighted by atomic mass is 9.47. The van der Waals surface area contributed by atoms with Gasteiger partial charge in [0, 0.05) is 20.5 Å². The number of aliphatic hydroxyl groups excluding tert-OH is 1. The van der Waals surface area contributed by atoms with Crippen LogP contribution in [0.25, 0.3) is 42.4 Å². The molecule has 1 aliphatic carbocycles. The first-order chi connectivity index (χ1) is 24.9. The summed E-state index contributed by atoms with van der Waals surface area (Å²) in [5, 5.41) is 13.8. The van der Waals surface area contributed by atoms with E-state index in [9.17, 15) is 14.7 Å². The Hall–Kier alpha value is -4.30. The SMILES string of the molecule is Cc1ccc(-c2cc3ccc(OC(C)(C)CC4(C)CC(C)(CC(C)(C)Oc5ccc6cc(-c7ccc(C)cc7)c(=O)sc6c5)C4O)cc3sc2=O)cc1. The molecule has 2 heterocycles. The van der Waals surface area contributed by atoms with E-state index in [1.807, 2.05) is 111 Å². The van der Waals surface area contributed by atoms with Crippen LogP contribution in [0.5, 0.6) is 11.5 Å². The molecule has 2 atom stereocenters. The number of fused-ring (bicyclic) bond motifs is 2. The predicted molar refractivity (Wildman–Crippen MR) is 222 cm³/mol. The summed E-state index contributed by atoms with van der Waals surface area (Å²) in [6.07, 6.45) is 1.59. The topological polar surface area (TPSA) is 72.8 Å². The van der Waals surface area contributed by atoms with Crippen molar-refractivity contribution in [3.8, 4) is 33.8 Å². The average Bonchev–Trinajstić information content (AvgIpc) is 3.07. The molecule has 0 amide bonds. The van der Waals surface area contributed by atoms with Crippen molar-refractivity contribution in [3.05, 3.63) is 127 Å². The van der Waals surface area contributed by atoms with Crippen LogP contribution in [0.4, 0.5) is 0 Å². The van der Waals surface area contributed by atoms with Crippen molar-refractivity contribution in [2.24, 2.45) is 10.8 Å². The van der Waals surface area contributed by atoms with Gasteiger partial charge in [-0.2, -0.15) is 0 Å². The van der Waals surface area contributed by atoms with Crippen molar-refractivity contribution in [2.45, 2.75) is 92.0 Å². The summed E-state index contributed by atoms with van der Waals surface area (Å²) >= 11 is 2.48. The lowest BCUT2D eigenvalue weighted by Crippen LogP contribution is -2.62. The van der Waals surface area contributed by atoms with Crippen LogP contribution >= 0.6 is 22.7 Å². The number of hydrogen-bond acceptors (Lipinski definition) is 7. The first kappa shape index (κ1) is 37.0. The van der Waals surface area contributed by atoms with E-state index in [1.165, 1.54) is 22.7 Å². The van der Waals surface area contributed by atoms with Crippen LogP contribution in [0.15, 0.2) is 107 Å². The first-order valence-corrected chi connectivity index (χ1v) is 19.9. The van der Waals surface area contributed by atoms with Crippen LogP contribution in [-0.2, 0) is 0 Å². The minimum Gasteiger partial charge on any atom is -0.488 e. The normalized spacial score (nSPS) is 20.4. The standard InChI is InChI=1S/C46H48O5S2/c1-28-9-13-30(14-10-28)36-21-32-17-19-34(23-38(32)52-40(36)47)50-43(3,4)25-45(7)27-46(8,42(45)49)26-44(5,6)51-35-20-18-33-22-37(41(48)53-39(33)24-35)31-15-11-29(2)12-16-31/h9-24,42,49H,25-27H2,1-8H3. The van der Waals surface area contributed by atoms with Crippen LogP contribution < -0.4 is 19.0 Å². The third kappa shape index (κ3) is 7.71. The van der Waals surface area contributed by atoms with Gasteiger partial charge in [0.2, 0.25) is 9.48 Å². The summed E-state index contributed by atoms with van der Waals surface area (Å²) in [6.45, 7) is 16.6. The number of hydrogen-bond donors (Lipinski definition) is 1. The molecule has 1 aliphatic rings. The van der Waals surface area contributed by atoms with Crippen LogP contribution in [0.1, 0.15) is 71.9 Å². The molecule has 4 aromatic carbocycles. The number of rotatable bonds is 10. The van der Waals surface area contributed by atoms with Crippen LogP contribution in [0.2, 0.25) is 0 Å². The van der Waals surface area contributed by atoms with Crippen LogP contribution in [0.3, 0.4) is 0 Å². The van der Waals surface area contributed by atoms with Gasteiger partial charge in [-0.1, -0.05) is 96.2 Å². The molecular formula is C46H48O5S2. The molecule has 0 aliphatic heterocycles. The number of aliphatic hydroxyl groups is 1. The van der Waals surface area contributed by atoms with Gasteiger partial charge in [-0.25, -0.2) is 0 Å². The molecule has 0 radical (unpaired) electrons. The molecule has 1 fully saturated rings. The van der Waals surface area contributed by atoms with Crippen molar-refractivity contribution in [1.82, 2.24) is 0 Å². The van der Waals surface area contributed by atoms with Crippen LogP contribution in [-0.4, -0.2) is 22.4 Å². The van der Waals surface area contributed by atoms with Crippen molar-refractivity contribution in [3.63, 3.8) is 0 Å². The Morgan fingerprint density at radius 2 is 1.00 bits per heavy atom. The predicted octanol–water partition coefficient (Wildman–Crippen LogP) is 11.4. The fourth-order valence-electron chi connectivity index (χ4n) is 8.98. The third-order valence-corrected chi connectivity index (χ3v) is 12.7. The second-order valence-corrected chi connectivity index (χ2v) is 19.0. The summed E-state index contributed by atoms with van der Waals surface area (Å²) in [6, 6.07) is 31.9. The zero-order valence-electron chi connectivity index (χ0n) is 31.8. The Morgan fingerprint density at radius 1 is 0.623 bits per heavy atom. The van der Waals surface area contributed by atoms with Crippen molar-refractivity contribution < 1.29 is 14.6 Å². The van der Waals surface area contributed by atoms with Crippen LogP contribution in [0, 0.1) is 24.7 Å². The van der Waals surface area contributed by atoms with Gasteiger partial charge in [0.1, 0.15) is 22.7 Å². The fourth-order valence-corrected chi connectivity index (χ4v) is 10.8. The van der Waals surface area contributed by atoms with Gasteiger partial charge >= 0.3 is 0 Å². The summed E-state index contributed by atoms with van der Waals surface area (Å²) in [4.78, 5) is 26.2. The minimum atomic E-state index is -0.560. The van der Waals surface area contributed by atoms with E-state index in [4.69, 9.17) is 9.47 Å². The molecule has 0 spiro atoms. The highest BCUT2D eigenvalue weighted by atomic mass is 32.1. The Balaban J connectivity index is 1.00. The van der Waals surface area contributed by atoms with E-state index in [0.717, 1.165) is 48.8 Å². The first-order valence-electron chi connectivity index (χ1n) is 18.3. The molecule has 7 heteroatoms. The second kappa shape index (κ2) is 13.5. The summed E-state index contributed by atoms with van der Waals surface area (Å²) < 4.78 is 15.0. The lowest BCUT2D eigenvalue weighted by molar-refractivity contribution is -0.205. The highest BCUT2D eigenvalue weighted by Crippen LogP contribution is 2.61. The number of benzene rings is 4. The van der Waals surface area contributed by atoms with Crippen molar-refractivity contribution in [2.75, 3.05) is 0 Å². The van der Waals surface area contributed by atoms with Gasteiger partial charge in [-0.3, -0.25) is 9.59 Å². The summed E-state index contributed by atoms with van der Waals surface area (Å²) in [7, 11) is 0. The van der Waals surface area contributed by atoms with Crippen molar-refractivity contribution in [1.29, 1.82) is 0 Å². The van der Waals surface area contributed by atoms with Gasteiger partial charge in [0.15, 0.2) is 0 Å². The molecule has 6 aromatic rings. The quantitative estimate of drug-likeness (QED) is 0.151. The van der Waals surface area contributed by atoms with E-state index in [0.29, 0.717) is 35.5 Å². The number of ether oxygens (including phenoxy) is 2. The molecule has 2 aromatic heterocycles. The van der Waals surface area contributed by atoms with Gasteiger partial charge < -0.3 is 14.6 Å². The minimum absolute atomic E-state index is 0.0271. The van der Waals surface area contributed by atoms with Crippen molar-refractivity contribution >= 4 is 42.8 Å². The average molecular weight is 745 g/mol. The summed E-state index contributed by atoms with van der Waals surface area (Å²) in [5.74, 6) is 1.42. The van der Waals surface area contributed by atoms with Gasteiger partial charge in [0.25, 0.3) is 0 Å². The van der Waals surface area contributed by atoms with E-state index in [2.05, 4.69) is 41.5 Å². The fraction of sp³-hybridized carbons (Fsp3) is 0.348. The molecule has 0 bridgehead atoms. The molecule has 53 heavy (non-hydrogen) atoms. The third-order valence-electron chi connectivity index (χ3n) is 10.7. The molecule has 1 saturated carbocycles. The highest BCUT2D eigenvalue weighted by molar-refractivity contribution is 7.16. The smallest absolute Gasteiger partial charge is 0.240 e. The highest BCUT2D eigenvalue weighted by Gasteiger charge is 2.60. The Bertz CT molecular complexity index is 2270. The van der Waals surface area contributed by atoms with E-state index in [1.54, 1.807) is 0 Å². The van der Waals surface area contributed by atoms with Gasteiger partial charge in [-0.05, 0) is 142 Å². The monoisotopic (exact) mass is 744 g/mol. The molecule has 2 unspecified atom stereocenters. The molecule has 0 saturated heterocycles. The Kier molecular flexibility index (Phi) is 9.45. The zero-order chi connectivity index (χ0) is 37.9. The molecular weight excluding hydrogens is 697 g/mol. The Morgan fingerprint density at radius 3 is 1.36 bits per heavy atom. The maximum Gasteiger partial charge on any atom is 0.240 e. The van der Waals surface area contributed by atoms with E-state index >= 15 is 0 Å². The van der Waals surface area contributed by atoms with Gasteiger partial charge in [-0.15, -0.1) is 0 Å². The number of aryl methyl sites for hydroxylation is 2. The maximum absolute atomic E-state index is 13.1. The molecule has 5 nitrogen and oxygen atoms in total. The Labute approximate surface area is 319 Å². The maximum atomic E-state index is 13.1. The van der Waals surface area contributed by atoms with E-state index < -0.39 is 17.3 Å². The molecule has 274 valence electrons.